The van der Waals surface area contributed by atoms with Crippen LogP contribution in [0.1, 0.15) is 59.4 Å². The van der Waals surface area contributed by atoms with Crippen molar-refractivity contribution in [3.63, 3.8) is 0 Å². The van der Waals surface area contributed by atoms with E-state index < -0.39 is 11.9 Å². The van der Waals surface area contributed by atoms with Crippen molar-refractivity contribution in [2.45, 2.75) is 40.0 Å². The molecule has 0 unspecified atom stereocenters. The van der Waals surface area contributed by atoms with Crippen LogP contribution in [0.15, 0.2) is 41.8 Å². The quantitative estimate of drug-likeness (QED) is 0.217. The SMILES string of the molecule is CCCCCOc1c(Cl)cc(C(=O)Nc2scc(-c3ccc(C)cc3)c2C(=O)OCC)cc1Cl. The van der Waals surface area contributed by atoms with E-state index in [2.05, 4.69) is 12.2 Å². The van der Waals surface area contributed by atoms with Crippen molar-refractivity contribution >= 4 is 51.4 Å². The molecule has 1 N–H and O–H groups in total. The van der Waals surface area contributed by atoms with Gasteiger partial charge < -0.3 is 14.8 Å². The second kappa shape index (κ2) is 12.2. The minimum absolute atomic E-state index is 0.223. The Bertz CT molecular complexity index is 1140. The van der Waals surface area contributed by atoms with Gasteiger partial charge in [0.15, 0.2) is 5.75 Å². The number of rotatable bonds is 10. The molecule has 5 nitrogen and oxygen atoms in total. The van der Waals surface area contributed by atoms with Crippen LogP contribution in [0.5, 0.6) is 5.75 Å². The standard InChI is InChI=1S/C26H27Cl2NO4S/c1-4-6-7-12-33-23-20(27)13-18(14-21(23)28)24(30)29-25-22(26(31)32-5-2)19(15-34-25)17-10-8-16(3)9-11-17/h8-11,13-15H,4-7,12H2,1-3H3,(H,29,30). The summed E-state index contributed by atoms with van der Waals surface area (Å²) in [4.78, 5) is 25.8. The first-order valence-electron chi connectivity index (χ1n) is 11.1. The van der Waals surface area contributed by atoms with Crippen LogP contribution in [0.3, 0.4) is 0 Å². The Kier molecular flexibility index (Phi) is 9.39. The second-order valence-electron chi connectivity index (χ2n) is 7.72. The first-order chi connectivity index (χ1) is 16.3. The molecule has 0 atom stereocenters. The van der Waals surface area contributed by atoms with Crippen molar-refractivity contribution in [2.75, 3.05) is 18.5 Å². The highest BCUT2D eigenvalue weighted by molar-refractivity contribution is 7.15. The largest absolute Gasteiger partial charge is 0.490 e. The summed E-state index contributed by atoms with van der Waals surface area (Å²) in [6, 6.07) is 10.8. The van der Waals surface area contributed by atoms with Gasteiger partial charge in [-0.2, -0.15) is 0 Å². The molecule has 0 aliphatic heterocycles. The number of benzene rings is 2. The van der Waals surface area contributed by atoms with Crippen LogP contribution in [-0.2, 0) is 4.74 Å². The van der Waals surface area contributed by atoms with Crippen LogP contribution < -0.4 is 10.1 Å². The lowest BCUT2D eigenvalue weighted by Crippen LogP contribution is -2.15. The van der Waals surface area contributed by atoms with Crippen molar-refractivity contribution in [3.05, 3.63) is 68.5 Å². The summed E-state index contributed by atoms with van der Waals surface area (Å²) in [6.07, 6.45) is 3.01. The number of nitrogens with one attached hydrogen (secondary N) is 1. The average Bonchev–Trinajstić information content (AvgIpc) is 3.22. The number of amides is 1. The van der Waals surface area contributed by atoms with E-state index >= 15 is 0 Å². The topological polar surface area (TPSA) is 64.6 Å². The van der Waals surface area contributed by atoms with E-state index in [0.717, 1.165) is 30.4 Å². The molecule has 1 amide bonds. The van der Waals surface area contributed by atoms with Gasteiger partial charge >= 0.3 is 5.97 Å². The predicted molar refractivity (Wildman–Crippen MR) is 140 cm³/mol. The molecule has 2 aromatic carbocycles. The van der Waals surface area contributed by atoms with Crippen LogP contribution >= 0.6 is 34.5 Å². The number of carbonyl (C=O) groups is 2. The van der Waals surface area contributed by atoms with E-state index in [1.807, 2.05) is 36.6 Å². The number of ether oxygens (including phenoxy) is 2. The number of esters is 1. The van der Waals surface area contributed by atoms with Crippen molar-refractivity contribution in [1.82, 2.24) is 0 Å². The Hall–Kier alpha value is -2.54. The minimum atomic E-state index is -0.499. The van der Waals surface area contributed by atoms with Crippen LogP contribution in [0.4, 0.5) is 5.00 Å². The van der Waals surface area contributed by atoms with Crippen molar-refractivity contribution < 1.29 is 19.1 Å². The highest BCUT2D eigenvalue weighted by Gasteiger charge is 2.24. The maximum atomic E-state index is 13.0. The highest BCUT2D eigenvalue weighted by atomic mass is 35.5. The monoisotopic (exact) mass is 519 g/mol. The molecular formula is C26H27Cl2NO4S. The predicted octanol–water partition coefficient (Wildman–Crippen LogP) is 8.03. The Labute approximate surface area is 214 Å². The molecule has 0 aliphatic rings. The molecule has 0 fully saturated rings. The fourth-order valence-electron chi connectivity index (χ4n) is 3.33. The normalized spacial score (nSPS) is 10.7. The molecule has 0 saturated carbocycles. The maximum absolute atomic E-state index is 13.0. The molecule has 0 spiro atoms. The summed E-state index contributed by atoms with van der Waals surface area (Å²) in [7, 11) is 0. The van der Waals surface area contributed by atoms with Gasteiger partial charge in [0.05, 0.1) is 23.3 Å². The molecule has 1 heterocycles. The molecule has 0 saturated heterocycles. The van der Waals surface area contributed by atoms with Gasteiger partial charge in [-0.1, -0.05) is 72.8 Å². The number of thiophene rings is 1. The zero-order chi connectivity index (χ0) is 24.7. The van der Waals surface area contributed by atoms with Gasteiger partial charge in [0.2, 0.25) is 0 Å². The van der Waals surface area contributed by atoms with E-state index in [9.17, 15) is 9.59 Å². The summed E-state index contributed by atoms with van der Waals surface area (Å²) in [5.41, 5.74) is 3.25. The number of hydrogen-bond acceptors (Lipinski definition) is 5. The number of anilines is 1. The Balaban J connectivity index is 1.86. The third-order valence-electron chi connectivity index (χ3n) is 5.11. The van der Waals surface area contributed by atoms with Gasteiger partial charge in [-0.3, -0.25) is 4.79 Å². The summed E-state index contributed by atoms with van der Waals surface area (Å²) in [5, 5.41) is 5.56. The number of carbonyl (C=O) groups excluding carboxylic acids is 2. The maximum Gasteiger partial charge on any atom is 0.341 e. The van der Waals surface area contributed by atoms with Crippen LogP contribution in [0, 0.1) is 6.92 Å². The lowest BCUT2D eigenvalue weighted by molar-refractivity contribution is 0.0529. The fraction of sp³-hybridized carbons (Fsp3) is 0.308. The zero-order valence-electron chi connectivity index (χ0n) is 19.4. The molecular weight excluding hydrogens is 493 g/mol. The third kappa shape index (κ3) is 6.32. The molecule has 0 radical (unpaired) electrons. The van der Waals surface area contributed by atoms with Crippen LogP contribution in [0.25, 0.3) is 11.1 Å². The molecule has 180 valence electrons. The van der Waals surface area contributed by atoms with E-state index in [-0.39, 0.29) is 22.2 Å². The van der Waals surface area contributed by atoms with E-state index in [0.29, 0.717) is 28.5 Å². The van der Waals surface area contributed by atoms with Gasteiger partial charge in [-0.05, 0) is 38.0 Å². The summed E-state index contributed by atoms with van der Waals surface area (Å²) >= 11 is 14.0. The number of halogens is 2. The summed E-state index contributed by atoms with van der Waals surface area (Å²) in [5.74, 6) is -0.577. The van der Waals surface area contributed by atoms with Gasteiger partial charge in [0.25, 0.3) is 5.91 Å². The fourth-order valence-corrected chi connectivity index (χ4v) is 4.88. The zero-order valence-corrected chi connectivity index (χ0v) is 21.7. The molecule has 0 bridgehead atoms. The summed E-state index contributed by atoms with van der Waals surface area (Å²) in [6.45, 7) is 6.56. The molecule has 1 aromatic heterocycles. The Morgan fingerprint density at radius 2 is 1.71 bits per heavy atom. The Morgan fingerprint density at radius 1 is 1.03 bits per heavy atom. The Morgan fingerprint density at radius 3 is 2.32 bits per heavy atom. The van der Waals surface area contributed by atoms with Crippen molar-refractivity contribution in [3.8, 4) is 16.9 Å². The molecule has 0 aliphatic carbocycles. The molecule has 8 heteroatoms. The lowest BCUT2D eigenvalue weighted by atomic mass is 10.0. The lowest BCUT2D eigenvalue weighted by Gasteiger charge is -2.12. The second-order valence-corrected chi connectivity index (χ2v) is 9.41. The van der Waals surface area contributed by atoms with Gasteiger partial charge in [-0.15, -0.1) is 11.3 Å². The van der Waals surface area contributed by atoms with Crippen LogP contribution in [-0.4, -0.2) is 25.1 Å². The van der Waals surface area contributed by atoms with Crippen molar-refractivity contribution in [1.29, 1.82) is 0 Å². The third-order valence-corrected chi connectivity index (χ3v) is 6.57. The van der Waals surface area contributed by atoms with E-state index in [4.69, 9.17) is 32.7 Å². The first kappa shape index (κ1) is 26.1. The van der Waals surface area contributed by atoms with Crippen LogP contribution in [0.2, 0.25) is 10.0 Å². The highest BCUT2D eigenvalue weighted by Crippen LogP contribution is 2.38. The number of unbranched alkanes of at least 4 members (excludes halogenated alkanes) is 2. The average molecular weight is 520 g/mol. The first-order valence-corrected chi connectivity index (χ1v) is 12.8. The van der Waals surface area contributed by atoms with Gasteiger partial charge in [-0.25, -0.2) is 4.79 Å². The molecule has 34 heavy (non-hydrogen) atoms. The molecule has 3 aromatic rings. The van der Waals surface area contributed by atoms with Gasteiger partial charge in [0.1, 0.15) is 10.6 Å². The van der Waals surface area contributed by atoms with E-state index in [1.165, 1.54) is 23.5 Å². The summed E-state index contributed by atoms with van der Waals surface area (Å²) < 4.78 is 11.0. The minimum Gasteiger partial charge on any atom is -0.490 e. The number of aryl methyl sites for hydroxylation is 1. The van der Waals surface area contributed by atoms with Gasteiger partial charge in [0, 0.05) is 16.5 Å². The smallest absolute Gasteiger partial charge is 0.341 e. The number of hydrogen-bond donors (Lipinski definition) is 1. The van der Waals surface area contributed by atoms with Crippen molar-refractivity contribution in [2.24, 2.45) is 0 Å². The molecule has 3 rings (SSSR count). The van der Waals surface area contributed by atoms with E-state index in [1.54, 1.807) is 6.92 Å².